The van der Waals surface area contributed by atoms with Gasteiger partial charge in [-0.25, -0.2) is 23.1 Å². The zero-order chi connectivity index (χ0) is 47.4. The van der Waals surface area contributed by atoms with Crippen LogP contribution in [0.3, 0.4) is 0 Å². The number of ether oxygens (including phenoxy) is 1. The average Bonchev–Trinajstić information content (AvgIpc) is 3.70. The fourth-order valence-electron chi connectivity index (χ4n) is 6.88. The molecular weight excluding hydrogens is 884 g/mol. The monoisotopic (exact) mass is 930 g/mol. The van der Waals surface area contributed by atoms with Gasteiger partial charge in [0.15, 0.2) is 23.8 Å². The molecule has 1 aliphatic heterocycles. The van der Waals surface area contributed by atoms with Crippen molar-refractivity contribution in [3.63, 3.8) is 0 Å². The number of piperidine rings is 1. The van der Waals surface area contributed by atoms with E-state index in [4.69, 9.17) is 25.2 Å². The third-order valence-electron chi connectivity index (χ3n) is 10.4. The van der Waals surface area contributed by atoms with Crippen molar-refractivity contribution in [2.24, 2.45) is 7.05 Å². The Labute approximate surface area is 373 Å². The number of hydrogen-bond donors (Lipinski definition) is 4. The van der Waals surface area contributed by atoms with Crippen molar-refractivity contribution >= 4 is 29.6 Å². The number of thioether (sulfide) groups is 1. The highest BCUT2D eigenvalue weighted by Crippen LogP contribution is 2.32. The van der Waals surface area contributed by atoms with E-state index < -0.39 is 53.1 Å². The molecule has 4 N–H and O–H groups in total. The molecule has 1 amide bonds. The van der Waals surface area contributed by atoms with Crippen LogP contribution in [0.25, 0.3) is 11.1 Å². The van der Waals surface area contributed by atoms with E-state index in [0.717, 1.165) is 66.3 Å². The highest BCUT2D eigenvalue weighted by atomic mass is 32.2. The van der Waals surface area contributed by atoms with Crippen LogP contribution < -0.4 is 5.56 Å². The van der Waals surface area contributed by atoms with Crippen molar-refractivity contribution in [1.29, 1.82) is 0 Å². The van der Waals surface area contributed by atoms with Gasteiger partial charge in [0, 0.05) is 80.4 Å². The molecule has 3 heterocycles. The van der Waals surface area contributed by atoms with Crippen molar-refractivity contribution in [3.05, 3.63) is 135 Å². The molecule has 0 aliphatic carbocycles. The zero-order valence-electron chi connectivity index (χ0n) is 35.2. The molecule has 1 fully saturated rings. The molecule has 65 heavy (non-hydrogen) atoms. The maximum Gasteiger partial charge on any atom is 0.416 e. The number of carboxylic acid groups (broad SMARTS) is 2. The summed E-state index contributed by atoms with van der Waals surface area (Å²) in [4.78, 5) is 51.9. The third-order valence-corrected chi connectivity index (χ3v) is 11.6. The van der Waals surface area contributed by atoms with Gasteiger partial charge in [-0.3, -0.25) is 14.3 Å². The third kappa shape index (κ3) is 14.0. The molecule has 0 saturated carbocycles. The van der Waals surface area contributed by atoms with Crippen LogP contribution in [-0.4, -0.2) is 119 Å². The lowest BCUT2D eigenvalue weighted by atomic mass is 9.99. The number of alkyl halides is 3. The van der Waals surface area contributed by atoms with E-state index in [1.165, 1.54) is 35.0 Å². The standard InChI is InChI=1S/C40H41F5N6O3S.C4H6O6/c1-48-23-28(22-46-48)25-51-38(53)21-36(55-26-31-4-3-5-34(41)39(31)42)35(47-51)20-37(52)50(33-14-16-49(17-15-33)18-19-54-2)24-27-6-8-29(9-7-27)30-10-12-32(13-11-30)40(43,44)45;5-1(3(7)8)2(6)4(9)10/h3-13,21-23,33H,14-20,24-26H2,1-2H3;1-2,5-6H,(H,7,8)(H,9,10). The van der Waals surface area contributed by atoms with Crippen LogP contribution in [0, 0.1) is 11.6 Å². The lowest BCUT2D eigenvalue weighted by Crippen LogP contribution is -2.48. The summed E-state index contributed by atoms with van der Waals surface area (Å²) in [7, 11) is 3.42. The van der Waals surface area contributed by atoms with Crippen molar-refractivity contribution in [2.75, 3.05) is 33.4 Å². The van der Waals surface area contributed by atoms with E-state index in [-0.39, 0.29) is 42.8 Å². The molecule has 2 unspecified atom stereocenters. The first kappa shape index (κ1) is 50.0. The smallest absolute Gasteiger partial charge is 0.416 e. The molecule has 3 aromatic carbocycles. The van der Waals surface area contributed by atoms with E-state index in [1.54, 1.807) is 31.2 Å². The Balaban J connectivity index is 0.000000709. The summed E-state index contributed by atoms with van der Waals surface area (Å²) in [5.74, 6) is -5.70. The maximum atomic E-state index is 14.6. The number of hydrogen-bond acceptors (Lipinski definition) is 11. The van der Waals surface area contributed by atoms with Crippen molar-refractivity contribution in [2.45, 2.75) is 67.4 Å². The summed E-state index contributed by atoms with van der Waals surface area (Å²) in [5, 5.41) is 41.4. The topological polar surface area (TPSA) is 201 Å². The van der Waals surface area contributed by atoms with Crippen molar-refractivity contribution in [1.82, 2.24) is 29.4 Å². The number of aliphatic hydroxyl groups is 2. The van der Waals surface area contributed by atoms with Crippen molar-refractivity contribution in [3.8, 4) is 11.1 Å². The van der Waals surface area contributed by atoms with Gasteiger partial charge in [-0.15, -0.1) is 11.8 Å². The summed E-state index contributed by atoms with van der Waals surface area (Å²) in [6.07, 6.45) is -4.30. The van der Waals surface area contributed by atoms with Gasteiger partial charge in [-0.1, -0.05) is 48.5 Å². The zero-order valence-corrected chi connectivity index (χ0v) is 36.0. The highest BCUT2D eigenvalue weighted by molar-refractivity contribution is 7.98. The Morgan fingerprint density at radius 3 is 2.09 bits per heavy atom. The first-order valence-corrected chi connectivity index (χ1v) is 21.1. The molecular formula is C44H47F5N6O9S. The quantitative estimate of drug-likeness (QED) is 0.0731. The van der Waals surface area contributed by atoms with Gasteiger partial charge in [0.2, 0.25) is 5.91 Å². The number of nitrogens with zero attached hydrogens (tertiary/aromatic N) is 6. The van der Waals surface area contributed by atoms with E-state index in [9.17, 15) is 41.1 Å². The second-order valence-corrected chi connectivity index (χ2v) is 16.1. The van der Waals surface area contributed by atoms with Crippen LogP contribution in [0.1, 0.15) is 40.8 Å². The average molecular weight is 931 g/mol. The molecule has 0 radical (unpaired) electrons. The number of benzene rings is 3. The first-order chi connectivity index (χ1) is 30.8. The Hall–Kier alpha value is -6.00. The Morgan fingerprint density at radius 2 is 1.54 bits per heavy atom. The van der Waals surface area contributed by atoms with Crippen LogP contribution in [0.15, 0.2) is 94.9 Å². The Kier molecular flexibility index (Phi) is 17.5. The summed E-state index contributed by atoms with van der Waals surface area (Å²) >= 11 is 1.11. The molecule has 1 aliphatic rings. The molecule has 2 aromatic heterocycles. The molecule has 2 atom stereocenters. The molecule has 1 saturated heterocycles. The minimum atomic E-state index is -4.43. The normalized spacial score (nSPS) is 14.3. The van der Waals surface area contributed by atoms with Gasteiger partial charge in [0.1, 0.15) is 0 Å². The van der Waals surface area contributed by atoms with Crippen LogP contribution in [0.5, 0.6) is 0 Å². The number of carbonyl (C=O) groups excluding carboxylic acids is 1. The predicted molar refractivity (Wildman–Crippen MR) is 226 cm³/mol. The van der Waals surface area contributed by atoms with Gasteiger partial charge in [-0.2, -0.15) is 23.4 Å². The van der Waals surface area contributed by atoms with Crippen LogP contribution >= 0.6 is 11.8 Å². The van der Waals surface area contributed by atoms with Gasteiger partial charge >= 0.3 is 18.1 Å². The lowest BCUT2D eigenvalue weighted by Gasteiger charge is -2.38. The first-order valence-electron chi connectivity index (χ1n) is 20.1. The van der Waals surface area contributed by atoms with Crippen molar-refractivity contribution < 1.29 is 61.5 Å². The van der Waals surface area contributed by atoms with E-state index >= 15 is 0 Å². The maximum absolute atomic E-state index is 14.6. The Bertz CT molecular complexity index is 2440. The fraction of sp³-hybridized carbons (Fsp3) is 0.364. The summed E-state index contributed by atoms with van der Waals surface area (Å²) in [6.45, 7) is 3.28. The van der Waals surface area contributed by atoms with E-state index in [2.05, 4.69) is 15.1 Å². The summed E-state index contributed by atoms with van der Waals surface area (Å²) < 4.78 is 76.1. The van der Waals surface area contributed by atoms with Crippen LogP contribution in [-0.2, 0) is 57.6 Å². The fourth-order valence-corrected chi connectivity index (χ4v) is 7.88. The largest absolute Gasteiger partial charge is 0.479 e. The lowest BCUT2D eigenvalue weighted by molar-refractivity contribution is -0.165. The highest BCUT2D eigenvalue weighted by Gasteiger charge is 2.32. The molecule has 15 nitrogen and oxygen atoms in total. The van der Waals surface area contributed by atoms with E-state index in [1.807, 2.05) is 29.2 Å². The number of aliphatic hydroxyl groups excluding tert-OH is 2. The predicted octanol–water partition coefficient (Wildman–Crippen LogP) is 4.84. The number of likely N-dealkylation sites (tertiary alicyclic amines) is 1. The number of carbonyl (C=O) groups is 3. The number of aliphatic carboxylic acids is 2. The van der Waals surface area contributed by atoms with Crippen LogP contribution in [0.2, 0.25) is 0 Å². The van der Waals surface area contributed by atoms with E-state index in [0.29, 0.717) is 35.6 Å². The number of aromatic nitrogens is 4. The minimum absolute atomic E-state index is 0.00739. The van der Waals surface area contributed by atoms with Crippen LogP contribution in [0.4, 0.5) is 22.0 Å². The number of amides is 1. The van der Waals surface area contributed by atoms with Gasteiger partial charge in [0.05, 0.1) is 37.0 Å². The number of halogens is 5. The van der Waals surface area contributed by atoms with Gasteiger partial charge in [0.25, 0.3) is 5.56 Å². The number of methoxy groups -OCH3 is 1. The molecule has 0 bridgehead atoms. The summed E-state index contributed by atoms with van der Waals surface area (Å²) in [6, 6.07) is 17.5. The molecule has 0 spiro atoms. The molecule has 6 rings (SSSR count). The molecule has 5 aromatic rings. The number of carboxylic acids is 2. The second-order valence-electron chi connectivity index (χ2n) is 15.1. The molecule has 21 heteroatoms. The number of rotatable bonds is 17. The SMILES string of the molecule is COCCN1CCC(N(Cc2ccc(-c3ccc(C(F)(F)F)cc3)cc2)C(=O)Cc2nn(Cc3cnn(C)c3)c(=O)cc2SCc2cccc(F)c2F)CC1.O=C(O)C(O)C(O)C(=O)O. The number of aryl methyl sites for hydroxylation is 1. The summed E-state index contributed by atoms with van der Waals surface area (Å²) in [5.41, 5.74) is 2.23. The molecule has 348 valence electrons. The van der Waals surface area contributed by atoms with Gasteiger partial charge < -0.3 is 35.0 Å². The Morgan fingerprint density at radius 1 is 0.923 bits per heavy atom. The van der Waals surface area contributed by atoms with Gasteiger partial charge in [-0.05, 0) is 47.7 Å². The minimum Gasteiger partial charge on any atom is -0.479 e. The second kappa shape index (κ2) is 22.8.